The van der Waals surface area contributed by atoms with Gasteiger partial charge in [-0.25, -0.2) is 9.37 Å². The van der Waals surface area contributed by atoms with Crippen LogP contribution < -0.4 is 5.56 Å². The lowest BCUT2D eigenvalue weighted by atomic mass is 10.2. The first-order valence-electron chi connectivity index (χ1n) is 8.93. The molecule has 0 aliphatic carbocycles. The van der Waals surface area contributed by atoms with Gasteiger partial charge in [-0.1, -0.05) is 11.2 Å². The minimum Gasteiger partial charge on any atom is -0.368 e. The van der Waals surface area contributed by atoms with Crippen molar-refractivity contribution in [1.29, 1.82) is 0 Å². The summed E-state index contributed by atoms with van der Waals surface area (Å²) in [7, 11) is 0. The van der Waals surface area contributed by atoms with Gasteiger partial charge in [0.15, 0.2) is 0 Å². The topological polar surface area (TPSA) is 87.5 Å². The van der Waals surface area contributed by atoms with E-state index in [0.717, 1.165) is 12.8 Å². The highest BCUT2D eigenvalue weighted by molar-refractivity contribution is 5.83. The SMILES string of the molecule is C=CCn1c(=O)c2c(-c3noc(C4CCCO4)n3)ncn2c2ccc(F)cc21. The smallest absolute Gasteiger partial charge is 0.278 e. The quantitative estimate of drug-likeness (QED) is 0.505. The second-order valence-electron chi connectivity index (χ2n) is 6.61. The lowest BCUT2D eigenvalue weighted by Crippen LogP contribution is -2.22. The van der Waals surface area contributed by atoms with Crippen molar-refractivity contribution < 1.29 is 13.7 Å². The molecule has 4 heterocycles. The lowest BCUT2D eigenvalue weighted by Gasteiger charge is -2.10. The average molecular weight is 381 g/mol. The van der Waals surface area contributed by atoms with Crippen LogP contribution >= 0.6 is 0 Å². The van der Waals surface area contributed by atoms with E-state index in [0.29, 0.717) is 34.7 Å². The van der Waals surface area contributed by atoms with Gasteiger partial charge in [-0.3, -0.25) is 9.20 Å². The summed E-state index contributed by atoms with van der Waals surface area (Å²) in [6.07, 6.45) is 4.62. The molecule has 1 aliphatic rings. The third-order valence-corrected chi connectivity index (χ3v) is 4.87. The van der Waals surface area contributed by atoms with Crippen LogP contribution in [0, 0.1) is 5.82 Å². The molecule has 1 aliphatic heterocycles. The molecule has 9 heteroatoms. The molecule has 5 rings (SSSR count). The Bertz CT molecular complexity index is 1270. The Morgan fingerprint density at radius 2 is 2.25 bits per heavy atom. The van der Waals surface area contributed by atoms with Gasteiger partial charge in [0.05, 0.1) is 11.0 Å². The molecule has 0 bridgehead atoms. The van der Waals surface area contributed by atoms with Gasteiger partial charge in [0.1, 0.15) is 29.5 Å². The minimum absolute atomic E-state index is 0.219. The fourth-order valence-electron chi connectivity index (χ4n) is 3.60. The molecule has 0 amide bonds. The first-order valence-corrected chi connectivity index (χ1v) is 8.93. The molecular formula is C19H16FN5O3. The van der Waals surface area contributed by atoms with Gasteiger partial charge in [0.25, 0.3) is 11.4 Å². The minimum atomic E-state index is -0.427. The van der Waals surface area contributed by atoms with E-state index in [1.807, 2.05) is 0 Å². The summed E-state index contributed by atoms with van der Waals surface area (Å²) >= 11 is 0. The highest BCUT2D eigenvalue weighted by Gasteiger charge is 2.26. The Kier molecular flexibility index (Phi) is 3.83. The van der Waals surface area contributed by atoms with Crippen LogP contribution in [0.3, 0.4) is 0 Å². The summed E-state index contributed by atoms with van der Waals surface area (Å²) in [4.78, 5) is 21.9. The molecule has 0 radical (unpaired) electrons. The molecular weight excluding hydrogens is 365 g/mol. The average Bonchev–Trinajstić information content (AvgIpc) is 3.44. The molecule has 8 nitrogen and oxygen atoms in total. The zero-order chi connectivity index (χ0) is 19.3. The first-order chi connectivity index (χ1) is 13.7. The van der Waals surface area contributed by atoms with Gasteiger partial charge in [-0.05, 0) is 31.0 Å². The van der Waals surface area contributed by atoms with Crippen LogP contribution in [-0.2, 0) is 11.3 Å². The number of nitrogens with zero attached hydrogens (tertiary/aromatic N) is 5. The number of rotatable bonds is 4. The van der Waals surface area contributed by atoms with Crippen LogP contribution in [0.5, 0.6) is 0 Å². The van der Waals surface area contributed by atoms with Crippen molar-refractivity contribution in [3.05, 3.63) is 59.2 Å². The van der Waals surface area contributed by atoms with E-state index in [4.69, 9.17) is 9.26 Å². The summed E-state index contributed by atoms with van der Waals surface area (Å²) in [5, 5.41) is 3.99. The summed E-state index contributed by atoms with van der Waals surface area (Å²) < 4.78 is 27.8. The number of halogens is 1. The lowest BCUT2D eigenvalue weighted by molar-refractivity contribution is 0.0835. The maximum absolute atomic E-state index is 13.8. The maximum Gasteiger partial charge on any atom is 0.278 e. The van der Waals surface area contributed by atoms with E-state index in [1.165, 1.54) is 23.0 Å². The Hall–Kier alpha value is -3.33. The second-order valence-corrected chi connectivity index (χ2v) is 6.61. The zero-order valence-corrected chi connectivity index (χ0v) is 14.8. The van der Waals surface area contributed by atoms with Crippen LogP contribution in [0.2, 0.25) is 0 Å². The van der Waals surface area contributed by atoms with Gasteiger partial charge in [0.2, 0.25) is 5.82 Å². The van der Waals surface area contributed by atoms with E-state index < -0.39 is 5.82 Å². The van der Waals surface area contributed by atoms with Gasteiger partial charge >= 0.3 is 0 Å². The second kappa shape index (κ2) is 6.38. The van der Waals surface area contributed by atoms with Crippen molar-refractivity contribution >= 4 is 16.6 Å². The number of allylic oxidation sites excluding steroid dienone is 1. The number of benzene rings is 1. The number of aromatic nitrogens is 5. The molecule has 4 aromatic rings. The predicted octanol–water partition coefficient (Wildman–Crippen LogP) is 2.88. The molecule has 0 spiro atoms. The Morgan fingerprint density at radius 1 is 1.36 bits per heavy atom. The molecule has 1 atom stereocenters. The molecule has 1 aromatic carbocycles. The van der Waals surface area contributed by atoms with E-state index in [-0.39, 0.29) is 24.0 Å². The number of imidazole rings is 1. The molecule has 1 saturated heterocycles. The van der Waals surface area contributed by atoms with Crippen LogP contribution in [-0.4, -0.2) is 30.7 Å². The number of hydrogen-bond acceptors (Lipinski definition) is 6. The highest BCUT2D eigenvalue weighted by atomic mass is 19.1. The molecule has 28 heavy (non-hydrogen) atoms. The van der Waals surface area contributed by atoms with Crippen molar-refractivity contribution in [2.24, 2.45) is 0 Å². The predicted molar refractivity (Wildman–Crippen MR) is 98.3 cm³/mol. The van der Waals surface area contributed by atoms with Crippen LogP contribution in [0.25, 0.3) is 28.1 Å². The first kappa shape index (κ1) is 16.8. The fraction of sp³-hybridized carbons (Fsp3) is 0.263. The van der Waals surface area contributed by atoms with Crippen molar-refractivity contribution in [1.82, 2.24) is 24.1 Å². The Balaban J connectivity index is 1.75. The zero-order valence-electron chi connectivity index (χ0n) is 14.8. The number of ether oxygens (including phenoxy) is 1. The molecule has 142 valence electrons. The van der Waals surface area contributed by atoms with Crippen molar-refractivity contribution in [3.63, 3.8) is 0 Å². The summed E-state index contributed by atoms with van der Waals surface area (Å²) in [6, 6.07) is 4.27. The standard InChI is InChI=1S/C19H16FN5O3/c1-2-7-24-13-9-11(20)5-6-12(13)25-10-21-15(16(25)19(24)26)17-22-18(28-23-17)14-4-3-8-27-14/h2,5-6,9-10,14H,1,3-4,7-8H2. The fourth-order valence-corrected chi connectivity index (χ4v) is 3.60. The molecule has 0 saturated carbocycles. The van der Waals surface area contributed by atoms with E-state index >= 15 is 0 Å². The van der Waals surface area contributed by atoms with E-state index in [9.17, 15) is 9.18 Å². The van der Waals surface area contributed by atoms with Gasteiger partial charge in [-0.2, -0.15) is 4.98 Å². The highest BCUT2D eigenvalue weighted by Crippen LogP contribution is 2.29. The molecule has 1 unspecified atom stereocenters. The molecule has 0 N–H and O–H groups in total. The van der Waals surface area contributed by atoms with Gasteiger partial charge in [-0.15, -0.1) is 6.58 Å². The third kappa shape index (κ3) is 2.47. The van der Waals surface area contributed by atoms with Gasteiger partial charge in [0, 0.05) is 13.2 Å². The largest absolute Gasteiger partial charge is 0.368 e. The van der Waals surface area contributed by atoms with E-state index in [2.05, 4.69) is 21.7 Å². The molecule has 3 aromatic heterocycles. The summed E-state index contributed by atoms with van der Waals surface area (Å²) in [5.41, 5.74) is 1.35. The summed E-state index contributed by atoms with van der Waals surface area (Å²) in [5.74, 6) is 0.170. The summed E-state index contributed by atoms with van der Waals surface area (Å²) in [6.45, 7) is 4.58. The number of fused-ring (bicyclic) bond motifs is 3. The normalized spacial score (nSPS) is 17.0. The maximum atomic E-state index is 13.8. The number of hydrogen-bond donors (Lipinski definition) is 0. The van der Waals surface area contributed by atoms with Crippen molar-refractivity contribution in [2.75, 3.05) is 6.61 Å². The van der Waals surface area contributed by atoms with Crippen LogP contribution in [0.4, 0.5) is 4.39 Å². The third-order valence-electron chi connectivity index (χ3n) is 4.87. The Labute approximate surface area is 157 Å². The van der Waals surface area contributed by atoms with Crippen molar-refractivity contribution in [3.8, 4) is 11.5 Å². The van der Waals surface area contributed by atoms with Gasteiger partial charge < -0.3 is 13.8 Å². The monoisotopic (exact) mass is 381 g/mol. The van der Waals surface area contributed by atoms with E-state index in [1.54, 1.807) is 16.5 Å². The van der Waals surface area contributed by atoms with Crippen LogP contribution in [0.15, 0.2) is 46.5 Å². The van der Waals surface area contributed by atoms with Crippen molar-refractivity contribution in [2.45, 2.75) is 25.5 Å². The van der Waals surface area contributed by atoms with Crippen LogP contribution in [0.1, 0.15) is 24.8 Å². The molecule has 1 fully saturated rings. The Morgan fingerprint density at radius 3 is 3.04 bits per heavy atom.